The summed E-state index contributed by atoms with van der Waals surface area (Å²) in [5.41, 5.74) is 2.07. The van der Waals surface area contributed by atoms with Crippen LogP contribution >= 0.6 is 0 Å². The number of aromatic nitrogens is 4. The van der Waals surface area contributed by atoms with Crippen LogP contribution in [0.4, 0.5) is 22.0 Å². The van der Waals surface area contributed by atoms with Gasteiger partial charge in [0.05, 0.1) is 24.0 Å². The number of ether oxygens (including phenoxy) is 1. The highest BCUT2D eigenvalue weighted by Gasteiger charge is 2.25. The number of imidazole rings is 1. The number of amides is 1. The number of carbonyl (C=O) groups excluding carboxylic acids is 1. The maximum atomic E-state index is 13.4. The predicted molar refractivity (Wildman–Crippen MR) is 133 cm³/mol. The molecule has 0 N–H and O–H groups in total. The molecule has 9 nitrogen and oxygen atoms in total. The van der Waals surface area contributed by atoms with Crippen LogP contribution in [0.25, 0.3) is 11.2 Å². The summed E-state index contributed by atoms with van der Waals surface area (Å²) in [5.74, 6) is 0.315. The van der Waals surface area contributed by atoms with E-state index in [9.17, 15) is 4.79 Å². The van der Waals surface area contributed by atoms with Crippen LogP contribution in [0.1, 0.15) is 20.8 Å². The lowest BCUT2D eigenvalue weighted by atomic mass is 10.1. The van der Waals surface area contributed by atoms with Crippen molar-refractivity contribution >= 4 is 40.8 Å². The van der Waals surface area contributed by atoms with Gasteiger partial charge in [0.25, 0.3) is 0 Å². The summed E-state index contributed by atoms with van der Waals surface area (Å²) in [6.07, 6.45) is 2.67. The van der Waals surface area contributed by atoms with Gasteiger partial charge in [-0.25, -0.2) is 19.7 Å². The molecule has 174 valence electrons. The molecule has 0 unspecified atom stereocenters. The molecule has 0 aliphatic carbocycles. The number of carbonyl (C=O) groups is 1. The van der Waals surface area contributed by atoms with Gasteiger partial charge in [0.15, 0.2) is 17.0 Å². The maximum absolute atomic E-state index is 13.4. The molecule has 0 atom stereocenters. The third-order valence-electron chi connectivity index (χ3n) is 4.88. The maximum Gasteiger partial charge on any atom is 0.426 e. The number of hydrogen-bond donors (Lipinski definition) is 0. The molecule has 4 rings (SSSR count). The number of benzene rings is 2. The Kier molecular flexibility index (Phi) is 6.27. The first-order valence-corrected chi connectivity index (χ1v) is 10.8. The minimum absolute atomic E-state index is 0.105. The van der Waals surface area contributed by atoms with Crippen LogP contribution in [-0.4, -0.2) is 50.9 Å². The molecule has 0 radical (unpaired) electrons. The van der Waals surface area contributed by atoms with Gasteiger partial charge in [-0.05, 0) is 45.0 Å². The van der Waals surface area contributed by atoms with Gasteiger partial charge in [-0.3, -0.25) is 0 Å². The minimum atomic E-state index is -0.638. The molecule has 0 bridgehead atoms. The summed E-state index contributed by atoms with van der Waals surface area (Å²) in [4.78, 5) is 34.5. The van der Waals surface area contributed by atoms with E-state index in [0.29, 0.717) is 28.4 Å². The van der Waals surface area contributed by atoms with Gasteiger partial charge < -0.3 is 14.2 Å². The second-order valence-corrected chi connectivity index (χ2v) is 8.87. The first kappa shape index (κ1) is 22.9. The summed E-state index contributed by atoms with van der Waals surface area (Å²) in [5, 5.41) is 0. The molecule has 0 aliphatic heterocycles. The average Bonchev–Trinajstić information content (AvgIpc) is 3.24. The molecule has 2 aromatic carbocycles. The Morgan fingerprint density at radius 3 is 2.09 bits per heavy atom. The second kappa shape index (κ2) is 9.30. The first-order valence-electron chi connectivity index (χ1n) is 10.8. The standard InChI is InChI=1S/C25H27N7O2/c1-25(2,3)31-17-26-20-21(27-16-30(4)5)28-23(29-22(20)31)34-24(33)32(18-12-8-6-9-13-18)19-14-10-7-11-15-19/h6-17H,1-5H3. The Bertz CT molecular complexity index is 1270. The molecule has 0 saturated carbocycles. The van der Waals surface area contributed by atoms with Crippen molar-refractivity contribution in [3.8, 4) is 6.01 Å². The van der Waals surface area contributed by atoms with Gasteiger partial charge in [0.1, 0.15) is 0 Å². The minimum Gasteiger partial charge on any atom is -0.373 e. The van der Waals surface area contributed by atoms with Crippen LogP contribution < -0.4 is 9.64 Å². The third-order valence-corrected chi connectivity index (χ3v) is 4.88. The van der Waals surface area contributed by atoms with Crippen molar-refractivity contribution in [1.82, 2.24) is 24.4 Å². The van der Waals surface area contributed by atoms with Gasteiger partial charge in [0.2, 0.25) is 0 Å². The average molecular weight is 458 g/mol. The molecule has 1 amide bonds. The molecule has 0 spiro atoms. The van der Waals surface area contributed by atoms with Gasteiger partial charge in [-0.15, -0.1) is 0 Å². The highest BCUT2D eigenvalue weighted by Crippen LogP contribution is 2.30. The molecule has 0 saturated heterocycles. The SMILES string of the molecule is CN(C)C=Nc1nc(OC(=O)N(c2ccccc2)c2ccccc2)nc2c1ncn2C(C)(C)C. The molecule has 0 aliphatic rings. The molecular formula is C25H27N7O2. The van der Waals surface area contributed by atoms with Gasteiger partial charge in [-0.1, -0.05) is 36.4 Å². The first-order chi connectivity index (χ1) is 16.2. The number of hydrogen-bond acceptors (Lipinski definition) is 6. The Labute approximate surface area is 198 Å². The van der Waals surface area contributed by atoms with Gasteiger partial charge in [-0.2, -0.15) is 9.97 Å². The highest BCUT2D eigenvalue weighted by atomic mass is 16.6. The normalized spacial score (nSPS) is 11.7. The Morgan fingerprint density at radius 1 is 0.971 bits per heavy atom. The van der Waals surface area contributed by atoms with E-state index in [-0.39, 0.29) is 11.5 Å². The molecule has 34 heavy (non-hydrogen) atoms. The summed E-state index contributed by atoms with van der Waals surface area (Å²) < 4.78 is 7.62. The smallest absolute Gasteiger partial charge is 0.373 e. The molecule has 0 fully saturated rings. The second-order valence-electron chi connectivity index (χ2n) is 8.87. The summed E-state index contributed by atoms with van der Waals surface area (Å²) in [7, 11) is 3.71. The van der Waals surface area contributed by atoms with Crippen LogP contribution in [0.2, 0.25) is 0 Å². The Morgan fingerprint density at radius 2 is 1.56 bits per heavy atom. The largest absolute Gasteiger partial charge is 0.426 e. The number of nitrogens with zero attached hydrogens (tertiary/aromatic N) is 7. The Balaban J connectivity index is 1.78. The molecular weight excluding hydrogens is 430 g/mol. The summed E-state index contributed by atoms with van der Waals surface area (Å²) in [6.45, 7) is 6.12. The predicted octanol–water partition coefficient (Wildman–Crippen LogP) is 5.14. The number of fused-ring (bicyclic) bond motifs is 1. The fourth-order valence-corrected chi connectivity index (χ4v) is 3.30. The fraction of sp³-hybridized carbons (Fsp3) is 0.240. The number of para-hydroxylation sites is 2. The summed E-state index contributed by atoms with van der Waals surface area (Å²) in [6, 6.07) is 18.4. The van der Waals surface area contributed by atoms with Crippen molar-refractivity contribution in [2.24, 2.45) is 4.99 Å². The quantitative estimate of drug-likeness (QED) is 0.305. The van der Waals surface area contributed by atoms with E-state index in [1.807, 2.05) is 100 Å². The van der Waals surface area contributed by atoms with Crippen molar-refractivity contribution in [2.75, 3.05) is 19.0 Å². The lowest BCUT2D eigenvalue weighted by Crippen LogP contribution is -2.29. The van der Waals surface area contributed by atoms with Crippen molar-refractivity contribution < 1.29 is 9.53 Å². The van der Waals surface area contributed by atoms with E-state index >= 15 is 0 Å². The Hall–Kier alpha value is -4.27. The number of rotatable bonds is 5. The monoisotopic (exact) mass is 457 g/mol. The lowest BCUT2D eigenvalue weighted by Gasteiger charge is -2.22. The number of aliphatic imine (C=N–C) groups is 1. The summed E-state index contributed by atoms with van der Waals surface area (Å²) >= 11 is 0. The molecule has 2 aromatic heterocycles. The van der Waals surface area contributed by atoms with Crippen LogP contribution in [-0.2, 0) is 5.54 Å². The van der Waals surface area contributed by atoms with E-state index in [1.54, 1.807) is 17.6 Å². The molecule has 4 aromatic rings. The van der Waals surface area contributed by atoms with E-state index in [1.165, 1.54) is 4.90 Å². The zero-order valence-corrected chi connectivity index (χ0v) is 19.9. The van der Waals surface area contributed by atoms with E-state index in [0.717, 1.165) is 0 Å². The topological polar surface area (TPSA) is 88.7 Å². The lowest BCUT2D eigenvalue weighted by molar-refractivity contribution is 0.206. The van der Waals surface area contributed by atoms with E-state index in [2.05, 4.69) is 19.9 Å². The van der Waals surface area contributed by atoms with Crippen molar-refractivity contribution in [1.29, 1.82) is 0 Å². The number of anilines is 2. The van der Waals surface area contributed by atoms with Crippen molar-refractivity contribution in [3.63, 3.8) is 0 Å². The zero-order chi connectivity index (χ0) is 24.3. The zero-order valence-electron chi connectivity index (χ0n) is 19.9. The molecule has 2 heterocycles. The van der Waals surface area contributed by atoms with E-state index < -0.39 is 6.09 Å². The van der Waals surface area contributed by atoms with Crippen LogP contribution in [0.15, 0.2) is 72.0 Å². The van der Waals surface area contributed by atoms with Crippen LogP contribution in [0.3, 0.4) is 0 Å². The highest BCUT2D eigenvalue weighted by molar-refractivity contribution is 5.97. The van der Waals surface area contributed by atoms with Gasteiger partial charge in [0, 0.05) is 19.6 Å². The van der Waals surface area contributed by atoms with Crippen LogP contribution in [0.5, 0.6) is 6.01 Å². The van der Waals surface area contributed by atoms with Crippen LogP contribution in [0, 0.1) is 0 Å². The fourth-order valence-electron chi connectivity index (χ4n) is 3.30. The van der Waals surface area contributed by atoms with E-state index in [4.69, 9.17) is 4.74 Å². The third kappa shape index (κ3) is 4.88. The molecule has 9 heteroatoms. The van der Waals surface area contributed by atoms with Crippen molar-refractivity contribution in [3.05, 3.63) is 67.0 Å². The van der Waals surface area contributed by atoms with Crippen molar-refractivity contribution in [2.45, 2.75) is 26.3 Å². The van der Waals surface area contributed by atoms with Gasteiger partial charge >= 0.3 is 12.1 Å².